The molecule has 0 unspecified atom stereocenters. The van der Waals surface area contributed by atoms with Crippen molar-refractivity contribution in [2.45, 2.75) is 6.54 Å². The topological polar surface area (TPSA) is 30.3 Å². The molecule has 1 saturated heterocycles. The van der Waals surface area contributed by atoms with Crippen molar-refractivity contribution in [3.05, 3.63) is 59.5 Å². The summed E-state index contributed by atoms with van der Waals surface area (Å²) in [5, 5.41) is 1.56. The third-order valence-electron chi connectivity index (χ3n) is 4.26. The quantitative estimate of drug-likeness (QED) is 0.690. The van der Waals surface area contributed by atoms with Gasteiger partial charge in [-0.15, -0.1) is 0 Å². The fourth-order valence-electron chi connectivity index (χ4n) is 3.14. The summed E-state index contributed by atoms with van der Waals surface area (Å²) in [6.07, 6.45) is 1.77. The second-order valence-electron chi connectivity index (χ2n) is 5.73. The first-order chi connectivity index (χ1) is 11.3. The van der Waals surface area contributed by atoms with E-state index in [0.717, 1.165) is 49.4 Å². The van der Waals surface area contributed by atoms with E-state index < -0.39 is 0 Å². The molecular formula is C18H18ClN3O. The van der Waals surface area contributed by atoms with E-state index in [-0.39, 0.29) is 0 Å². The van der Waals surface area contributed by atoms with Crippen LogP contribution in [0.5, 0.6) is 0 Å². The molecule has 2 aromatic heterocycles. The first-order valence-corrected chi connectivity index (χ1v) is 8.21. The van der Waals surface area contributed by atoms with Crippen LogP contribution in [0.25, 0.3) is 16.6 Å². The zero-order valence-corrected chi connectivity index (χ0v) is 13.5. The Morgan fingerprint density at radius 2 is 1.87 bits per heavy atom. The predicted molar refractivity (Wildman–Crippen MR) is 92.2 cm³/mol. The van der Waals surface area contributed by atoms with E-state index in [2.05, 4.69) is 44.8 Å². The lowest BCUT2D eigenvalue weighted by Crippen LogP contribution is -2.36. The molecule has 4 nitrogen and oxygen atoms in total. The molecule has 4 rings (SSSR count). The summed E-state index contributed by atoms with van der Waals surface area (Å²) in [6.45, 7) is 4.40. The fourth-order valence-corrected chi connectivity index (χ4v) is 3.35. The molecule has 0 amide bonds. The summed E-state index contributed by atoms with van der Waals surface area (Å²) >= 11 is 6.31. The molecule has 0 bridgehead atoms. The van der Waals surface area contributed by atoms with Crippen molar-refractivity contribution in [3.63, 3.8) is 0 Å². The number of benzene rings is 1. The van der Waals surface area contributed by atoms with E-state index in [1.54, 1.807) is 6.20 Å². The Bertz CT molecular complexity index is 810. The van der Waals surface area contributed by atoms with Crippen molar-refractivity contribution in [3.8, 4) is 5.69 Å². The van der Waals surface area contributed by atoms with E-state index in [1.165, 1.54) is 5.69 Å². The largest absolute Gasteiger partial charge is 0.379 e. The Morgan fingerprint density at radius 3 is 2.65 bits per heavy atom. The number of nitrogens with zero attached hydrogens (tertiary/aromatic N) is 3. The van der Waals surface area contributed by atoms with Gasteiger partial charge in [-0.1, -0.05) is 29.8 Å². The van der Waals surface area contributed by atoms with Crippen LogP contribution in [0.3, 0.4) is 0 Å². The number of aromatic nitrogens is 2. The standard InChI is InChI=1S/C18H18ClN3O/c19-18-16-12-15(13-21-8-10-23-11-9-21)22(17(16)6-7-20-18)14-4-2-1-3-5-14/h1-7,12H,8-11,13H2. The fraction of sp³-hybridized carbons (Fsp3) is 0.278. The number of fused-ring (bicyclic) bond motifs is 1. The molecule has 1 fully saturated rings. The third-order valence-corrected chi connectivity index (χ3v) is 4.56. The average Bonchev–Trinajstić information content (AvgIpc) is 2.96. The molecular weight excluding hydrogens is 310 g/mol. The lowest BCUT2D eigenvalue weighted by atomic mass is 10.3. The van der Waals surface area contributed by atoms with Crippen LogP contribution in [-0.2, 0) is 11.3 Å². The Hall–Kier alpha value is -1.88. The summed E-state index contributed by atoms with van der Waals surface area (Å²) < 4.78 is 7.73. The molecule has 118 valence electrons. The van der Waals surface area contributed by atoms with Gasteiger partial charge in [-0.05, 0) is 24.3 Å². The minimum absolute atomic E-state index is 0.556. The lowest BCUT2D eigenvalue weighted by Gasteiger charge is -2.27. The van der Waals surface area contributed by atoms with Gasteiger partial charge in [0, 0.05) is 42.6 Å². The predicted octanol–water partition coefficient (Wildman–Crippen LogP) is 3.51. The van der Waals surface area contributed by atoms with Gasteiger partial charge in [-0.2, -0.15) is 0 Å². The molecule has 5 heteroatoms. The van der Waals surface area contributed by atoms with Crippen molar-refractivity contribution in [1.82, 2.24) is 14.5 Å². The average molecular weight is 328 g/mol. The van der Waals surface area contributed by atoms with Crippen molar-refractivity contribution >= 4 is 22.5 Å². The van der Waals surface area contributed by atoms with Crippen LogP contribution < -0.4 is 0 Å². The van der Waals surface area contributed by atoms with Crippen molar-refractivity contribution in [2.75, 3.05) is 26.3 Å². The third kappa shape index (κ3) is 2.85. The lowest BCUT2D eigenvalue weighted by molar-refractivity contribution is 0.0335. The number of halogens is 1. The Labute approximate surface area is 140 Å². The zero-order valence-electron chi connectivity index (χ0n) is 12.8. The van der Waals surface area contributed by atoms with E-state index in [4.69, 9.17) is 16.3 Å². The van der Waals surface area contributed by atoms with Gasteiger partial charge in [0.2, 0.25) is 0 Å². The first-order valence-electron chi connectivity index (χ1n) is 7.83. The summed E-state index contributed by atoms with van der Waals surface area (Å²) in [4.78, 5) is 6.64. The van der Waals surface area contributed by atoms with Gasteiger partial charge in [0.05, 0.1) is 18.7 Å². The molecule has 0 aliphatic carbocycles. The van der Waals surface area contributed by atoms with Crippen LogP contribution in [0.4, 0.5) is 0 Å². The van der Waals surface area contributed by atoms with Crippen LogP contribution in [0, 0.1) is 0 Å². The smallest absolute Gasteiger partial charge is 0.138 e. The summed E-state index contributed by atoms with van der Waals surface area (Å²) in [6, 6.07) is 14.6. The molecule has 0 radical (unpaired) electrons. The highest BCUT2D eigenvalue weighted by Gasteiger charge is 2.17. The van der Waals surface area contributed by atoms with E-state index >= 15 is 0 Å². The number of pyridine rings is 1. The minimum Gasteiger partial charge on any atom is -0.379 e. The van der Waals surface area contributed by atoms with Gasteiger partial charge in [-0.25, -0.2) is 4.98 Å². The molecule has 1 aliphatic heterocycles. The molecule has 23 heavy (non-hydrogen) atoms. The summed E-state index contributed by atoms with van der Waals surface area (Å²) in [5.74, 6) is 0. The minimum atomic E-state index is 0.556. The van der Waals surface area contributed by atoms with Crippen molar-refractivity contribution in [1.29, 1.82) is 0 Å². The highest BCUT2D eigenvalue weighted by Crippen LogP contribution is 2.29. The molecule has 0 spiro atoms. The normalized spacial score (nSPS) is 16.0. The maximum absolute atomic E-state index is 6.31. The van der Waals surface area contributed by atoms with Crippen LogP contribution in [0.1, 0.15) is 5.69 Å². The van der Waals surface area contributed by atoms with Gasteiger partial charge in [0.1, 0.15) is 5.15 Å². The molecule has 0 saturated carbocycles. The Balaban J connectivity index is 1.83. The second kappa shape index (κ2) is 6.32. The van der Waals surface area contributed by atoms with Crippen molar-refractivity contribution < 1.29 is 4.74 Å². The zero-order chi connectivity index (χ0) is 15.6. The van der Waals surface area contributed by atoms with Crippen LogP contribution in [-0.4, -0.2) is 40.8 Å². The van der Waals surface area contributed by atoms with Crippen LogP contribution in [0.2, 0.25) is 5.15 Å². The van der Waals surface area contributed by atoms with Gasteiger partial charge in [0.15, 0.2) is 0 Å². The van der Waals surface area contributed by atoms with E-state index in [1.807, 2.05) is 12.1 Å². The summed E-state index contributed by atoms with van der Waals surface area (Å²) in [7, 11) is 0. The number of ether oxygens (including phenoxy) is 1. The maximum Gasteiger partial charge on any atom is 0.138 e. The number of morpholine rings is 1. The molecule has 0 atom stereocenters. The van der Waals surface area contributed by atoms with Gasteiger partial charge in [0.25, 0.3) is 0 Å². The monoisotopic (exact) mass is 327 g/mol. The van der Waals surface area contributed by atoms with E-state index in [0.29, 0.717) is 5.15 Å². The van der Waals surface area contributed by atoms with E-state index in [9.17, 15) is 0 Å². The van der Waals surface area contributed by atoms with Gasteiger partial charge >= 0.3 is 0 Å². The van der Waals surface area contributed by atoms with Gasteiger partial charge in [-0.3, -0.25) is 4.90 Å². The molecule has 1 aliphatic rings. The number of para-hydroxylation sites is 1. The second-order valence-corrected chi connectivity index (χ2v) is 6.09. The number of hydrogen-bond donors (Lipinski definition) is 0. The Morgan fingerprint density at radius 1 is 1.09 bits per heavy atom. The molecule has 3 aromatic rings. The van der Waals surface area contributed by atoms with Crippen LogP contribution in [0.15, 0.2) is 48.7 Å². The highest BCUT2D eigenvalue weighted by atomic mass is 35.5. The SMILES string of the molecule is Clc1nccc2c1cc(CN1CCOCC1)n2-c1ccccc1. The highest BCUT2D eigenvalue weighted by molar-refractivity contribution is 6.34. The van der Waals surface area contributed by atoms with Gasteiger partial charge < -0.3 is 9.30 Å². The maximum atomic E-state index is 6.31. The van der Waals surface area contributed by atoms with Crippen molar-refractivity contribution in [2.24, 2.45) is 0 Å². The number of hydrogen-bond acceptors (Lipinski definition) is 3. The van der Waals surface area contributed by atoms with Crippen LogP contribution >= 0.6 is 11.6 Å². The Kier molecular flexibility index (Phi) is 4.04. The molecule has 3 heterocycles. The molecule has 0 N–H and O–H groups in total. The first kappa shape index (κ1) is 14.7. The number of rotatable bonds is 3. The molecule has 1 aromatic carbocycles. The summed E-state index contributed by atoms with van der Waals surface area (Å²) in [5.41, 5.74) is 3.47.